The molecule has 1 aromatic rings. The first-order valence-electron chi connectivity index (χ1n) is 8.64. The predicted molar refractivity (Wildman–Crippen MR) is 97.4 cm³/mol. The van der Waals surface area contributed by atoms with E-state index in [1.807, 2.05) is 29.2 Å². The van der Waals surface area contributed by atoms with E-state index in [1.54, 1.807) is 0 Å². The van der Waals surface area contributed by atoms with Crippen molar-refractivity contribution >= 4 is 24.2 Å². The van der Waals surface area contributed by atoms with Crippen molar-refractivity contribution in [1.82, 2.24) is 15.5 Å². The third-order valence-corrected chi connectivity index (χ3v) is 4.49. The van der Waals surface area contributed by atoms with Crippen LogP contribution in [0.2, 0.25) is 0 Å². The number of hydrogen-bond donors (Lipinski definition) is 2. The van der Waals surface area contributed by atoms with Crippen LogP contribution in [0.1, 0.15) is 30.4 Å². The van der Waals surface area contributed by atoms with Gasteiger partial charge < -0.3 is 20.3 Å². The van der Waals surface area contributed by atoms with Gasteiger partial charge in [-0.25, -0.2) is 0 Å². The van der Waals surface area contributed by atoms with Crippen LogP contribution in [0.5, 0.6) is 0 Å². The van der Waals surface area contributed by atoms with Crippen LogP contribution >= 0.6 is 12.4 Å². The largest absolute Gasteiger partial charge is 0.378 e. The maximum absolute atomic E-state index is 12.0. The smallest absolute Gasteiger partial charge is 0.222 e. The predicted octanol–water partition coefficient (Wildman–Crippen LogP) is 1.23. The van der Waals surface area contributed by atoms with Gasteiger partial charge in [-0.15, -0.1) is 12.4 Å². The second-order valence-electron chi connectivity index (χ2n) is 6.44. The summed E-state index contributed by atoms with van der Waals surface area (Å²) in [6.45, 7) is 4.17. The Balaban J connectivity index is 0.00000225. The second-order valence-corrected chi connectivity index (χ2v) is 6.44. The van der Waals surface area contributed by atoms with E-state index < -0.39 is 0 Å². The number of hydrogen-bond acceptors (Lipinski definition) is 4. The lowest BCUT2D eigenvalue weighted by Crippen LogP contribution is -2.44. The molecule has 3 rings (SSSR count). The number of halogens is 1. The summed E-state index contributed by atoms with van der Waals surface area (Å²) in [5, 5.41) is 6.22. The second kappa shape index (κ2) is 9.75. The maximum atomic E-state index is 12.0. The van der Waals surface area contributed by atoms with Gasteiger partial charge in [0.05, 0.1) is 13.2 Å². The monoisotopic (exact) mass is 367 g/mol. The van der Waals surface area contributed by atoms with Crippen LogP contribution in [0.4, 0.5) is 0 Å². The lowest BCUT2D eigenvalue weighted by Gasteiger charge is -2.23. The number of nitrogens with zero attached hydrogens (tertiary/aromatic N) is 1. The van der Waals surface area contributed by atoms with Crippen LogP contribution in [-0.2, 0) is 27.4 Å². The number of morpholine rings is 1. The number of ether oxygens (including phenoxy) is 1. The molecule has 0 saturated carbocycles. The lowest BCUT2D eigenvalue weighted by atomic mass is 10.1. The molecule has 138 valence electrons. The Morgan fingerprint density at radius 1 is 1.28 bits per heavy atom. The van der Waals surface area contributed by atoms with Gasteiger partial charge in [-0.1, -0.05) is 24.3 Å². The number of carbonyl (C=O) groups excluding carboxylic acids is 2. The van der Waals surface area contributed by atoms with Crippen molar-refractivity contribution in [2.45, 2.75) is 38.4 Å². The Morgan fingerprint density at radius 3 is 2.68 bits per heavy atom. The van der Waals surface area contributed by atoms with Crippen LogP contribution in [0.15, 0.2) is 24.3 Å². The molecule has 2 N–H and O–H groups in total. The minimum atomic E-state index is 0. The molecule has 2 amide bonds. The van der Waals surface area contributed by atoms with Gasteiger partial charge in [0.2, 0.25) is 11.8 Å². The first-order valence-corrected chi connectivity index (χ1v) is 8.64. The molecule has 2 fully saturated rings. The van der Waals surface area contributed by atoms with Gasteiger partial charge in [0.1, 0.15) is 0 Å². The first kappa shape index (κ1) is 19.7. The zero-order chi connectivity index (χ0) is 16.8. The molecule has 0 radical (unpaired) electrons. The van der Waals surface area contributed by atoms with Crippen LogP contribution in [0.3, 0.4) is 0 Å². The van der Waals surface area contributed by atoms with Crippen molar-refractivity contribution in [3.63, 3.8) is 0 Å². The van der Waals surface area contributed by atoms with Crippen molar-refractivity contribution < 1.29 is 14.3 Å². The molecule has 0 aliphatic carbocycles. The molecule has 6 nitrogen and oxygen atoms in total. The molecule has 7 heteroatoms. The van der Waals surface area contributed by atoms with Crippen molar-refractivity contribution in [3.05, 3.63) is 35.4 Å². The summed E-state index contributed by atoms with van der Waals surface area (Å²) in [5.41, 5.74) is 2.19. The Morgan fingerprint density at radius 2 is 2.04 bits per heavy atom. The van der Waals surface area contributed by atoms with Crippen LogP contribution < -0.4 is 10.6 Å². The molecule has 1 aromatic carbocycles. The van der Waals surface area contributed by atoms with Crippen molar-refractivity contribution in [3.8, 4) is 0 Å². The van der Waals surface area contributed by atoms with Crippen LogP contribution in [-0.4, -0.2) is 49.1 Å². The molecule has 25 heavy (non-hydrogen) atoms. The standard InChI is InChI=1S/C18H25N3O3.ClH/c22-17(10-16-13-24-9-7-19-16)20-11-14-3-5-15(6-4-14)12-21-8-1-2-18(21)23;/h3-6,16,19H,1-2,7-13H2,(H,20,22);1H. The van der Waals surface area contributed by atoms with E-state index in [0.717, 1.165) is 30.6 Å². The normalized spacial score (nSPS) is 20.2. The summed E-state index contributed by atoms with van der Waals surface area (Å²) >= 11 is 0. The average molecular weight is 368 g/mol. The maximum Gasteiger partial charge on any atom is 0.222 e. The van der Waals surface area contributed by atoms with E-state index in [0.29, 0.717) is 39.1 Å². The van der Waals surface area contributed by atoms with Gasteiger partial charge in [0.25, 0.3) is 0 Å². The van der Waals surface area contributed by atoms with E-state index in [-0.39, 0.29) is 30.3 Å². The minimum Gasteiger partial charge on any atom is -0.378 e. The molecule has 2 aliphatic heterocycles. The van der Waals surface area contributed by atoms with Gasteiger partial charge >= 0.3 is 0 Å². The zero-order valence-electron chi connectivity index (χ0n) is 14.3. The molecular formula is C18H26ClN3O3. The van der Waals surface area contributed by atoms with Crippen LogP contribution in [0.25, 0.3) is 0 Å². The fraction of sp³-hybridized carbons (Fsp3) is 0.556. The Hall–Kier alpha value is -1.63. The average Bonchev–Trinajstić information content (AvgIpc) is 3.00. The summed E-state index contributed by atoms with van der Waals surface area (Å²) in [7, 11) is 0. The highest BCUT2D eigenvalue weighted by atomic mass is 35.5. The fourth-order valence-electron chi connectivity index (χ4n) is 3.10. The molecular weight excluding hydrogens is 342 g/mol. The molecule has 0 bridgehead atoms. The summed E-state index contributed by atoms with van der Waals surface area (Å²) in [5.74, 6) is 0.274. The minimum absolute atomic E-state index is 0. The summed E-state index contributed by atoms with van der Waals surface area (Å²) in [4.78, 5) is 25.5. The highest BCUT2D eigenvalue weighted by Gasteiger charge is 2.20. The van der Waals surface area contributed by atoms with Gasteiger partial charge in [-0.2, -0.15) is 0 Å². The van der Waals surface area contributed by atoms with Crippen molar-refractivity contribution in [2.24, 2.45) is 0 Å². The van der Waals surface area contributed by atoms with Crippen LogP contribution in [0, 0.1) is 0 Å². The topological polar surface area (TPSA) is 70.7 Å². The van der Waals surface area contributed by atoms with Crippen molar-refractivity contribution in [1.29, 1.82) is 0 Å². The molecule has 1 unspecified atom stereocenters. The third-order valence-electron chi connectivity index (χ3n) is 4.49. The molecule has 2 aliphatic rings. The quantitative estimate of drug-likeness (QED) is 0.793. The van der Waals surface area contributed by atoms with E-state index in [2.05, 4.69) is 10.6 Å². The molecule has 0 spiro atoms. The van der Waals surface area contributed by atoms with E-state index >= 15 is 0 Å². The van der Waals surface area contributed by atoms with Gasteiger partial charge in [0.15, 0.2) is 0 Å². The number of nitrogens with one attached hydrogen (secondary N) is 2. The Labute approximate surface area is 154 Å². The van der Waals surface area contributed by atoms with Crippen molar-refractivity contribution in [2.75, 3.05) is 26.3 Å². The Kier molecular flexibility index (Phi) is 7.68. The van der Waals surface area contributed by atoms with Gasteiger partial charge in [-0.3, -0.25) is 9.59 Å². The molecule has 0 aromatic heterocycles. The SMILES string of the molecule is Cl.O=C(CC1COCCN1)NCc1ccc(CN2CCCC2=O)cc1. The Bertz CT molecular complexity index is 573. The zero-order valence-corrected chi connectivity index (χ0v) is 15.1. The highest BCUT2D eigenvalue weighted by molar-refractivity contribution is 5.85. The van der Waals surface area contributed by atoms with E-state index in [9.17, 15) is 9.59 Å². The third kappa shape index (κ3) is 5.99. The molecule has 2 saturated heterocycles. The fourth-order valence-corrected chi connectivity index (χ4v) is 3.10. The molecule has 1 atom stereocenters. The lowest BCUT2D eigenvalue weighted by molar-refractivity contribution is -0.128. The van der Waals surface area contributed by atoms with E-state index in [4.69, 9.17) is 4.74 Å². The highest BCUT2D eigenvalue weighted by Crippen LogP contribution is 2.14. The number of rotatable bonds is 6. The number of amides is 2. The number of likely N-dealkylation sites (tertiary alicyclic amines) is 1. The number of benzene rings is 1. The van der Waals surface area contributed by atoms with Gasteiger partial charge in [-0.05, 0) is 17.5 Å². The summed E-state index contributed by atoms with van der Waals surface area (Å²) in [6, 6.07) is 8.20. The summed E-state index contributed by atoms with van der Waals surface area (Å²) in [6.07, 6.45) is 2.07. The van der Waals surface area contributed by atoms with Gasteiger partial charge in [0, 0.05) is 45.1 Å². The number of carbonyl (C=O) groups is 2. The van der Waals surface area contributed by atoms with E-state index in [1.165, 1.54) is 0 Å². The first-order chi connectivity index (χ1) is 11.7. The molecule has 2 heterocycles. The summed E-state index contributed by atoms with van der Waals surface area (Å²) < 4.78 is 5.35.